The molecule has 0 amide bonds. The summed E-state index contributed by atoms with van der Waals surface area (Å²) in [6, 6.07) is 0. The van der Waals surface area contributed by atoms with Crippen LogP contribution >= 0.6 is 0 Å². The standard InChI is InChI=1S/C18H36O2/c1-6-10-16(5)17(11-7-2)14-20-18(19)13-9-8-12-15(3)4/h15-17H,6-14H2,1-5H3. The summed E-state index contributed by atoms with van der Waals surface area (Å²) < 4.78 is 5.49. The lowest BCUT2D eigenvalue weighted by atomic mass is 9.87. The van der Waals surface area contributed by atoms with Gasteiger partial charge in [-0.25, -0.2) is 0 Å². The second kappa shape index (κ2) is 12.2. The molecule has 0 saturated heterocycles. The highest BCUT2D eigenvalue weighted by molar-refractivity contribution is 5.69. The Labute approximate surface area is 126 Å². The zero-order chi connectivity index (χ0) is 15.4. The maximum absolute atomic E-state index is 11.8. The third-order valence-electron chi connectivity index (χ3n) is 4.08. The Morgan fingerprint density at radius 1 is 0.950 bits per heavy atom. The van der Waals surface area contributed by atoms with Crippen molar-refractivity contribution in [3.63, 3.8) is 0 Å². The molecule has 2 atom stereocenters. The molecule has 0 heterocycles. The summed E-state index contributed by atoms with van der Waals surface area (Å²) in [5.41, 5.74) is 0. The van der Waals surface area contributed by atoms with Gasteiger partial charge in [0.1, 0.15) is 0 Å². The zero-order valence-corrected chi connectivity index (χ0v) is 14.4. The number of hydrogen-bond acceptors (Lipinski definition) is 2. The number of rotatable bonds is 12. The van der Waals surface area contributed by atoms with E-state index in [-0.39, 0.29) is 5.97 Å². The average Bonchev–Trinajstić information content (AvgIpc) is 2.39. The SMILES string of the molecule is CCCC(C)C(CCC)COC(=O)CCCCC(C)C. The Hall–Kier alpha value is -0.530. The molecule has 0 aliphatic rings. The van der Waals surface area contributed by atoms with Gasteiger partial charge in [0.25, 0.3) is 0 Å². The lowest BCUT2D eigenvalue weighted by Crippen LogP contribution is -2.20. The molecule has 0 aliphatic carbocycles. The Morgan fingerprint density at radius 3 is 2.15 bits per heavy atom. The van der Waals surface area contributed by atoms with Gasteiger partial charge in [0.15, 0.2) is 0 Å². The summed E-state index contributed by atoms with van der Waals surface area (Å²) >= 11 is 0. The molecule has 0 radical (unpaired) electrons. The van der Waals surface area contributed by atoms with Gasteiger partial charge in [-0.3, -0.25) is 4.79 Å². The second-order valence-corrected chi connectivity index (χ2v) is 6.64. The maximum Gasteiger partial charge on any atom is 0.305 e. The molecule has 0 aliphatic heterocycles. The van der Waals surface area contributed by atoms with Crippen LogP contribution in [0.25, 0.3) is 0 Å². The van der Waals surface area contributed by atoms with Crippen molar-refractivity contribution in [2.24, 2.45) is 17.8 Å². The highest BCUT2D eigenvalue weighted by atomic mass is 16.5. The first-order chi connectivity index (χ1) is 9.51. The van der Waals surface area contributed by atoms with Gasteiger partial charge in [-0.15, -0.1) is 0 Å². The van der Waals surface area contributed by atoms with E-state index in [1.807, 2.05) is 0 Å². The van der Waals surface area contributed by atoms with Gasteiger partial charge in [0.05, 0.1) is 6.61 Å². The topological polar surface area (TPSA) is 26.3 Å². The number of carbonyl (C=O) groups excluding carboxylic acids is 1. The van der Waals surface area contributed by atoms with Crippen molar-refractivity contribution in [2.75, 3.05) is 6.61 Å². The van der Waals surface area contributed by atoms with Gasteiger partial charge in [0.2, 0.25) is 0 Å². The molecule has 0 aromatic carbocycles. The van der Waals surface area contributed by atoms with E-state index in [9.17, 15) is 4.79 Å². The molecular weight excluding hydrogens is 248 g/mol. The highest BCUT2D eigenvalue weighted by Crippen LogP contribution is 2.22. The predicted octanol–water partition coefficient (Wildman–Crippen LogP) is 5.60. The molecule has 0 spiro atoms. The maximum atomic E-state index is 11.8. The molecule has 0 aromatic heterocycles. The number of esters is 1. The molecule has 0 bridgehead atoms. The van der Waals surface area contributed by atoms with E-state index in [0.29, 0.717) is 24.9 Å². The summed E-state index contributed by atoms with van der Waals surface area (Å²) in [6.45, 7) is 11.8. The van der Waals surface area contributed by atoms with Crippen LogP contribution in [0.4, 0.5) is 0 Å². The Balaban J connectivity index is 3.86. The largest absolute Gasteiger partial charge is 0.465 e. The molecule has 0 rings (SSSR count). The van der Waals surface area contributed by atoms with Gasteiger partial charge >= 0.3 is 5.97 Å². The highest BCUT2D eigenvalue weighted by Gasteiger charge is 2.17. The van der Waals surface area contributed by atoms with Crippen molar-refractivity contribution in [3.8, 4) is 0 Å². The minimum absolute atomic E-state index is 0.00134. The van der Waals surface area contributed by atoms with E-state index < -0.39 is 0 Å². The quantitative estimate of drug-likeness (QED) is 0.344. The summed E-state index contributed by atoms with van der Waals surface area (Å²) in [7, 11) is 0. The molecule has 0 fully saturated rings. The lowest BCUT2D eigenvalue weighted by molar-refractivity contribution is -0.145. The molecule has 2 nitrogen and oxygen atoms in total. The average molecular weight is 284 g/mol. The smallest absolute Gasteiger partial charge is 0.305 e. The van der Waals surface area contributed by atoms with E-state index in [1.165, 1.54) is 32.1 Å². The van der Waals surface area contributed by atoms with Crippen molar-refractivity contribution in [3.05, 3.63) is 0 Å². The first-order valence-electron chi connectivity index (χ1n) is 8.66. The van der Waals surface area contributed by atoms with E-state index in [1.54, 1.807) is 0 Å². The molecule has 0 N–H and O–H groups in total. The van der Waals surface area contributed by atoms with Gasteiger partial charge in [-0.05, 0) is 30.6 Å². The first kappa shape index (κ1) is 19.5. The zero-order valence-electron chi connectivity index (χ0n) is 14.4. The number of unbranched alkanes of at least 4 members (excludes halogenated alkanes) is 1. The summed E-state index contributed by atoms with van der Waals surface area (Å²) in [5, 5.41) is 0. The van der Waals surface area contributed by atoms with Crippen LogP contribution in [0.2, 0.25) is 0 Å². The molecule has 0 saturated carbocycles. The Kier molecular flexibility index (Phi) is 11.9. The minimum Gasteiger partial charge on any atom is -0.465 e. The van der Waals surface area contributed by atoms with Crippen LogP contribution in [0.3, 0.4) is 0 Å². The fourth-order valence-corrected chi connectivity index (χ4v) is 2.69. The lowest BCUT2D eigenvalue weighted by Gasteiger charge is -2.23. The van der Waals surface area contributed by atoms with Crippen molar-refractivity contribution in [1.29, 1.82) is 0 Å². The van der Waals surface area contributed by atoms with Crippen LogP contribution in [0, 0.1) is 17.8 Å². The normalized spacial score (nSPS) is 14.3. The van der Waals surface area contributed by atoms with Crippen LogP contribution in [0.1, 0.15) is 86.0 Å². The van der Waals surface area contributed by atoms with Crippen LogP contribution in [0.15, 0.2) is 0 Å². The predicted molar refractivity (Wildman–Crippen MR) is 86.7 cm³/mol. The molecule has 20 heavy (non-hydrogen) atoms. The summed E-state index contributed by atoms with van der Waals surface area (Å²) in [5.74, 6) is 1.93. The number of hydrogen-bond donors (Lipinski definition) is 0. The Morgan fingerprint density at radius 2 is 1.60 bits per heavy atom. The van der Waals surface area contributed by atoms with Gasteiger partial charge in [-0.1, -0.05) is 66.7 Å². The van der Waals surface area contributed by atoms with Crippen LogP contribution in [0.5, 0.6) is 0 Å². The number of carbonyl (C=O) groups is 1. The van der Waals surface area contributed by atoms with Crippen molar-refractivity contribution in [2.45, 2.75) is 86.0 Å². The van der Waals surface area contributed by atoms with Crippen molar-refractivity contribution < 1.29 is 9.53 Å². The van der Waals surface area contributed by atoms with Gasteiger partial charge < -0.3 is 4.74 Å². The summed E-state index contributed by atoms with van der Waals surface area (Å²) in [6.07, 6.45) is 8.69. The summed E-state index contributed by atoms with van der Waals surface area (Å²) in [4.78, 5) is 11.8. The van der Waals surface area contributed by atoms with Crippen LogP contribution in [-0.4, -0.2) is 12.6 Å². The van der Waals surface area contributed by atoms with E-state index in [4.69, 9.17) is 4.74 Å². The van der Waals surface area contributed by atoms with Crippen molar-refractivity contribution >= 4 is 5.97 Å². The van der Waals surface area contributed by atoms with Crippen LogP contribution in [-0.2, 0) is 9.53 Å². The van der Waals surface area contributed by atoms with E-state index in [0.717, 1.165) is 18.8 Å². The molecule has 2 heteroatoms. The number of ether oxygens (including phenoxy) is 1. The third-order valence-corrected chi connectivity index (χ3v) is 4.08. The van der Waals surface area contributed by atoms with Crippen LogP contribution < -0.4 is 0 Å². The third kappa shape index (κ3) is 10.3. The van der Waals surface area contributed by atoms with Gasteiger partial charge in [0, 0.05) is 6.42 Å². The fraction of sp³-hybridized carbons (Fsp3) is 0.944. The molecular formula is C18H36O2. The monoisotopic (exact) mass is 284 g/mol. The fourth-order valence-electron chi connectivity index (χ4n) is 2.69. The second-order valence-electron chi connectivity index (χ2n) is 6.64. The van der Waals surface area contributed by atoms with E-state index >= 15 is 0 Å². The molecule has 2 unspecified atom stereocenters. The van der Waals surface area contributed by atoms with Crippen molar-refractivity contribution in [1.82, 2.24) is 0 Å². The molecule has 0 aromatic rings. The first-order valence-corrected chi connectivity index (χ1v) is 8.66. The van der Waals surface area contributed by atoms with Gasteiger partial charge in [-0.2, -0.15) is 0 Å². The Bertz CT molecular complexity index is 236. The van der Waals surface area contributed by atoms with E-state index in [2.05, 4.69) is 34.6 Å². The molecule has 120 valence electrons. The minimum atomic E-state index is -0.00134.